The molecule has 1 aliphatic rings. The lowest BCUT2D eigenvalue weighted by molar-refractivity contribution is 0.545. The van der Waals surface area contributed by atoms with Crippen LogP contribution in [0.25, 0.3) is 83.4 Å². The molecule has 1 aliphatic carbocycles. The minimum absolute atomic E-state index is 0.611. The quantitative estimate of drug-likeness (QED) is 0.197. The van der Waals surface area contributed by atoms with E-state index >= 15 is 0 Å². The summed E-state index contributed by atoms with van der Waals surface area (Å²) in [6, 6.07) is 45.5. The topological polar surface area (TPSA) is 65.0 Å². The smallest absolute Gasteiger partial charge is 0.164 e. The van der Waals surface area contributed by atoms with Gasteiger partial charge >= 0.3 is 0 Å². The van der Waals surface area contributed by atoms with E-state index in [1.54, 1.807) is 0 Å². The molecule has 0 amide bonds. The van der Waals surface area contributed by atoms with Gasteiger partial charge in [-0.2, -0.15) is 0 Å². The molecule has 9 aromatic rings. The number of allylic oxidation sites excluding steroid dienone is 1. The van der Waals surface area contributed by atoms with Crippen molar-refractivity contribution in [3.05, 3.63) is 156 Å². The molecule has 0 bridgehead atoms. The average Bonchev–Trinajstić information content (AvgIpc) is 3.74. The van der Waals surface area contributed by atoms with E-state index in [0.717, 1.165) is 95.7 Å². The molecule has 0 N–H and O–H groups in total. The van der Waals surface area contributed by atoms with Crippen LogP contribution >= 0.6 is 0 Å². The number of hydrogen-bond donors (Lipinski definition) is 0. The maximum absolute atomic E-state index is 6.64. The molecule has 0 saturated carbocycles. The Hall–Kier alpha value is -6.33. The molecular weight excluding hydrogens is 590 g/mol. The summed E-state index contributed by atoms with van der Waals surface area (Å²) in [5.41, 5.74) is 8.76. The summed E-state index contributed by atoms with van der Waals surface area (Å²) in [6.07, 6.45) is 4.05. The minimum atomic E-state index is 0.611. The zero-order valence-corrected chi connectivity index (χ0v) is 25.9. The van der Waals surface area contributed by atoms with Gasteiger partial charge < -0.3 is 8.83 Å². The van der Waals surface area contributed by atoms with Crippen LogP contribution in [0.5, 0.6) is 0 Å². The molecule has 5 heteroatoms. The zero-order chi connectivity index (χ0) is 31.6. The number of hydrogen-bond acceptors (Lipinski definition) is 5. The van der Waals surface area contributed by atoms with Gasteiger partial charge in [0.05, 0.1) is 0 Å². The van der Waals surface area contributed by atoms with Crippen LogP contribution in [0, 0.1) is 0 Å². The Balaban J connectivity index is 1.22. The van der Waals surface area contributed by atoms with E-state index in [1.807, 2.05) is 72.8 Å². The van der Waals surface area contributed by atoms with Gasteiger partial charge in [-0.05, 0) is 41.1 Å². The molecule has 0 saturated heterocycles. The molecule has 6 aromatic carbocycles. The summed E-state index contributed by atoms with van der Waals surface area (Å²) in [5.74, 6) is 2.85. The highest BCUT2D eigenvalue weighted by Crippen LogP contribution is 2.46. The molecule has 5 nitrogen and oxygen atoms in total. The molecule has 0 aliphatic heterocycles. The molecule has 48 heavy (non-hydrogen) atoms. The third-order valence-electron chi connectivity index (χ3n) is 9.40. The standard InChI is InChI=1S/C43H27N3O2/c1-3-13-27(14-4-1)41-44-42(28-15-5-2-6-16-28)46-43(45-41)33-20-11-23-36-39(33)38-31(19-10-22-35(38)47-36)30-18-9-21-34-37(30)32-25-24-26-12-7-8-17-29(26)40(32)48-34/h1-9,11-21,23-25H,10,22H2. The molecule has 0 radical (unpaired) electrons. The lowest BCUT2D eigenvalue weighted by atomic mass is 9.86. The molecule has 3 aromatic heterocycles. The molecule has 226 valence electrons. The van der Waals surface area contributed by atoms with E-state index in [9.17, 15) is 0 Å². The van der Waals surface area contributed by atoms with E-state index in [4.69, 9.17) is 23.8 Å². The van der Waals surface area contributed by atoms with Crippen LogP contribution in [0.3, 0.4) is 0 Å². The first-order chi connectivity index (χ1) is 23.8. The molecule has 0 spiro atoms. The Kier molecular flexibility index (Phi) is 5.93. The summed E-state index contributed by atoms with van der Waals surface area (Å²) in [5, 5.41) is 5.51. The van der Waals surface area contributed by atoms with Gasteiger partial charge in [-0.15, -0.1) is 0 Å². The van der Waals surface area contributed by atoms with Crippen LogP contribution in [0.15, 0.2) is 148 Å². The Bertz CT molecular complexity index is 2660. The molecular formula is C43H27N3O2. The van der Waals surface area contributed by atoms with Crippen LogP contribution in [-0.2, 0) is 6.42 Å². The van der Waals surface area contributed by atoms with Crippen molar-refractivity contribution in [2.75, 3.05) is 0 Å². The van der Waals surface area contributed by atoms with Crippen LogP contribution in [0.1, 0.15) is 23.3 Å². The van der Waals surface area contributed by atoms with E-state index in [-0.39, 0.29) is 0 Å². The third-order valence-corrected chi connectivity index (χ3v) is 9.40. The summed E-state index contributed by atoms with van der Waals surface area (Å²) in [4.78, 5) is 15.1. The lowest BCUT2D eigenvalue weighted by Crippen LogP contribution is -2.02. The van der Waals surface area contributed by atoms with Gasteiger partial charge in [-0.3, -0.25) is 0 Å². The van der Waals surface area contributed by atoms with Crippen molar-refractivity contribution in [2.45, 2.75) is 12.8 Å². The zero-order valence-electron chi connectivity index (χ0n) is 25.9. The van der Waals surface area contributed by atoms with E-state index in [2.05, 4.69) is 66.7 Å². The van der Waals surface area contributed by atoms with Gasteiger partial charge in [0.25, 0.3) is 0 Å². The largest absolute Gasteiger partial charge is 0.460 e. The van der Waals surface area contributed by atoms with Crippen molar-refractivity contribution >= 4 is 49.3 Å². The Morgan fingerprint density at radius 3 is 1.88 bits per heavy atom. The number of fused-ring (bicyclic) bond motifs is 8. The Morgan fingerprint density at radius 1 is 0.479 bits per heavy atom. The second-order valence-electron chi connectivity index (χ2n) is 12.2. The van der Waals surface area contributed by atoms with Crippen LogP contribution in [-0.4, -0.2) is 15.0 Å². The highest BCUT2D eigenvalue weighted by molar-refractivity contribution is 6.19. The number of aromatic nitrogens is 3. The van der Waals surface area contributed by atoms with Crippen molar-refractivity contribution < 1.29 is 8.83 Å². The fourth-order valence-corrected chi connectivity index (χ4v) is 7.25. The number of benzene rings is 6. The van der Waals surface area contributed by atoms with Crippen LogP contribution < -0.4 is 0 Å². The Labute approximate surface area is 275 Å². The van der Waals surface area contributed by atoms with Gasteiger partial charge in [0.1, 0.15) is 22.5 Å². The van der Waals surface area contributed by atoms with Crippen LogP contribution in [0.2, 0.25) is 0 Å². The Morgan fingerprint density at radius 2 is 1.12 bits per heavy atom. The van der Waals surface area contributed by atoms with Crippen molar-refractivity contribution in [1.82, 2.24) is 15.0 Å². The highest BCUT2D eigenvalue weighted by atomic mass is 16.3. The molecule has 0 unspecified atom stereocenters. The minimum Gasteiger partial charge on any atom is -0.460 e. The predicted molar refractivity (Wildman–Crippen MR) is 193 cm³/mol. The lowest BCUT2D eigenvalue weighted by Gasteiger charge is -2.16. The van der Waals surface area contributed by atoms with E-state index in [1.165, 1.54) is 0 Å². The molecule has 10 rings (SSSR count). The summed E-state index contributed by atoms with van der Waals surface area (Å²) >= 11 is 0. The fourth-order valence-electron chi connectivity index (χ4n) is 7.25. The molecule has 0 fully saturated rings. The predicted octanol–water partition coefficient (Wildman–Crippen LogP) is 11.0. The summed E-state index contributed by atoms with van der Waals surface area (Å²) < 4.78 is 13.2. The molecule has 0 atom stereocenters. The number of rotatable bonds is 4. The normalized spacial score (nSPS) is 13.0. The first kappa shape index (κ1) is 26.8. The summed E-state index contributed by atoms with van der Waals surface area (Å²) in [7, 11) is 0. The van der Waals surface area contributed by atoms with Crippen LogP contribution in [0.4, 0.5) is 0 Å². The van der Waals surface area contributed by atoms with Gasteiger partial charge in [0, 0.05) is 50.2 Å². The maximum Gasteiger partial charge on any atom is 0.164 e. The fraction of sp³-hybridized carbons (Fsp3) is 0.0465. The third kappa shape index (κ3) is 4.14. The van der Waals surface area contributed by atoms with Gasteiger partial charge in [-0.25, -0.2) is 15.0 Å². The van der Waals surface area contributed by atoms with E-state index in [0.29, 0.717) is 17.5 Å². The maximum atomic E-state index is 6.64. The van der Waals surface area contributed by atoms with Crippen molar-refractivity contribution in [3.8, 4) is 34.2 Å². The van der Waals surface area contributed by atoms with Gasteiger partial charge in [0.2, 0.25) is 0 Å². The monoisotopic (exact) mass is 617 g/mol. The SMILES string of the molecule is C1=C(c2cccc3oc4c5ccccc5ccc4c23)c2c(oc3cccc(-c4nc(-c5ccccc5)nc(-c5ccccc5)n4)c23)CC1. The molecule has 3 heterocycles. The first-order valence-corrected chi connectivity index (χ1v) is 16.3. The van der Waals surface area contributed by atoms with Gasteiger partial charge in [-0.1, -0.05) is 121 Å². The number of furan rings is 2. The van der Waals surface area contributed by atoms with Crippen molar-refractivity contribution in [3.63, 3.8) is 0 Å². The number of nitrogens with zero attached hydrogens (tertiary/aromatic N) is 3. The number of aryl methyl sites for hydroxylation is 1. The van der Waals surface area contributed by atoms with Gasteiger partial charge in [0.15, 0.2) is 17.5 Å². The highest BCUT2D eigenvalue weighted by Gasteiger charge is 2.27. The first-order valence-electron chi connectivity index (χ1n) is 16.3. The van der Waals surface area contributed by atoms with Crippen molar-refractivity contribution in [2.24, 2.45) is 0 Å². The van der Waals surface area contributed by atoms with E-state index < -0.39 is 0 Å². The second kappa shape index (κ2) is 10.6. The summed E-state index contributed by atoms with van der Waals surface area (Å²) in [6.45, 7) is 0. The van der Waals surface area contributed by atoms with Crippen molar-refractivity contribution in [1.29, 1.82) is 0 Å². The second-order valence-corrected chi connectivity index (χ2v) is 12.2. The average molecular weight is 618 g/mol.